The molecule has 0 spiro atoms. The first-order chi connectivity index (χ1) is 14.0. The van der Waals surface area contributed by atoms with Crippen LogP contribution >= 0.6 is 0 Å². The van der Waals surface area contributed by atoms with Crippen LogP contribution < -0.4 is 20.3 Å². The summed E-state index contributed by atoms with van der Waals surface area (Å²) in [5, 5.41) is 21.8. The van der Waals surface area contributed by atoms with Gasteiger partial charge in [0.15, 0.2) is 6.61 Å². The number of carbonyl (C=O) groups is 1. The third kappa shape index (κ3) is 8.11. The van der Waals surface area contributed by atoms with Gasteiger partial charge in [0.05, 0.1) is 0 Å². The fraction of sp³-hybridized carbons (Fsp3) is 0.409. The molecule has 4 N–H and O–H groups in total. The summed E-state index contributed by atoms with van der Waals surface area (Å²) < 4.78 is 11.0. The Bertz CT molecular complexity index is 752. The van der Waals surface area contributed by atoms with Crippen molar-refractivity contribution in [3.8, 4) is 11.5 Å². The lowest BCUT2D eigenvalue weighted by atomic mass is 9.98. The smallest absolute Gasteiger partial charge is 0.281 e. The molecular formula is C22H30N2O5. The number of para-hydroxylation sites is 1. The average Bonchev–Trinajstić information content (AvgIpc) is 2.74. The Kier molecular flexibility index (Phi) is 9.43. The Morgan fingerprint density at radius 3 is 2.55 bits per heavy atom. The summed E-state index contributed by atoms with van der Waals surface area (Å²) in [7, 11) is 0. The average molecular weight is 402 g/mol. The quantitative estimate of drug-likeness (QED) is 0.247. The predicted molar refractivity (Wildman–Crippen MR) is 110 cm³/mol. The van der Waals surface area contributed by atoms with Crippen LogP contribution in [0.25, 0.3) is 0 Å². The molecule has 1 atom stereocenters. The molecule has 1 unspecified atom stereocenters. The van der Waals surface area contributed by atoms with E-state index in [0.29, 0.717) is 18.8 Å². The van der Waals surface area contributed by atoms with Crippen LogP contribution in [-0.4, -0.2) is 48.6 Å². The van der Waals surface area contributed by atoms with E-state index < -0.39 is 12.0 Å². The summed E-state index contributed by atoms with van der Waals surface area (Å²) in [4.78, 5) is 11.2. The van der Waals surface area contributed by atoms with E-state index in [-0.39, 0.29) is 19.1 Å². The van der Waals surface area contributed by atoms with Crippen molar-refractivity contribution in [1.29, 1.82) is 0 Å². The highest BCUT2D eigenvalue weighted by molar-refractivity contribution is 5.76. The van der Waals surface area contributed by atoms with Crippen molar-refractivity contribution in [2.24, 2.45) is 0 Å². The van der Waals surface area contributed by atoms with Crippen molar-refractivity contribution >= 4 is 5.91 Å². The van der Waals surface area contributed by atoms with Gasteiger partial charge in [-0.3, -0.25) is 10.0 Å². The monoisotopic (exact) mass is 402 g/mol. The Morgan fingerprint density at radius 1 is 1.10 bits per heavy atom. The molecule has 7 heteroatoms. The van der Waals surface area contributed by atoms with E-state index in [1.54, 1.807) is 5.48 Å². The second kappa shape index (κ2) is 12.1. The number of benzene rings is 2. The lowest BCUT2D eigenvalue weighted by Crippen LogP contribution is -2.32. The van der Waals surface area contributed by atoms with E-state index in [1.165, 1.54) is 0 Å². The molecular weight excluding hydrogens is 372 g/mol. The van der Waals surface area contributed by atoms with Crippen LogP contribution in [0.1, 0.15) is 30.9 Å². The second-order valence-electron chi connectivity index (χ2n) is 7.08. The molecule has 1 amide bonds. The fourth-order valence-corrected chi connectivity index (χ4v) is 2.78. The standard InChI is InChI=1S/C22H30N2O5/c1-16(2)20-12-17(8-9-21(20)29-15-22(26)24-27)10-11-23-13-18(25)14-28-19-6-4-3-5-7-19/h3-9,12,16,18,23,25,27H,10-11,13-15H2,1-2H3,(H,24,26). The Balaban J connectivity index is 1.76. The third-order valence-corrected chi connectivity index (χ3v) is 4.34. The van der Waals surface area contributed by atoms with Crippen LogP contribution in [0.5, 0.6) is 11.5 Å². The van der Waals surface area contributed by atoms with Crippen molar-refractivity contribution in [2.75, 3.05) is 26.3 Å². The molecule has 0 aliphatic carbocycles. The number of hydroxylamine groups is 1. The topological polar surface area (TPSA) is 100 Å². The molecule has 0 fully saturated rings. The molecule has 7 nitrogen and oxygen atoms in total. The normalized spacial score (nSPS) is 11.9. The molecule has 0 bridgehead atoms. The summed E-state index contributed by atoms with van der Waals surface area (Å²) in [6, 6.07) is 15.3. The number of rotatable bonds is 12. The van der Waals surface area contributed by atoms with Crippen molar-refractivity contribution in [1.82, 2.24) is 10.8 Å². The molecule has 0 radical (unpaired) electrons. The Labute approximate surface area is 171 Å². The molecule has 0 aliphatic rings. The highest BCUT2D eigenvalue weighted by atomic mass is 16.5. The highest BCUT2D eigenvalue weighted by Crippen LogP contribution is 2.27. The number of aliphatic hydroxyl groups excluding tert-OH is 1. The summed E-state index contributed by atoms with van der Waals surface area (Å²) in [5.41, 5.74) is 3.69. The SMILES string of the molecule is CC(C)c1cc(CCNCC(O)COc2ccccc2)ccc1OCC(=O)NO. The Hall–Kier alpha value is -2.61. The van der Waals surface area contributed by atoms with Crippen molar-refractivity contribution in [3.63, 3.8) is 0 Å². The number of nitrogens with one attached hydrogen (secondary N) is 2. The number of ether oxygens (including phenoxy) is 2. The van der Waals surface area contributed by atoms with E-state index in [1.807, 2.05) is 42.5 Å². The minimum atomic E-state index is -0.595. The first kappa shape index (κ1) is 22.7. The molecule has 2 aromatic rings. The van der Waals surface area contributed by atoms with Gasteiger partial charge in [-0.2, -0.15) is 0 Å². The molecule has 2 rings (SSSR count). The van der Waals surface area contributed by atoms with Crippen LogP contribution in [0, 0.1) is 0 Å². The largest absolute Gasteiger partial charge is 0.491 e. The lowest BCUT2D eigenvalue weighted by Gasteiger charge is -2.16. The molecule has 0 heterocycles. The maximum atomic E-state index is 11.2. The van der Waals surface area contributed by atoms with Crippen molar-refractivity contribution in [3.05, 3.63) is 59.7 Å². The number of hydrogen-bond acceptors (Lipinski definition) is 6. The minimum Gasteiger partial charge on any atom is -0.491 e. The van der Waals surface area contributed by atoms with E-state index in [0.717, 1.165) is 23.3 Å². The second-order valence-corrected chi connectivity index (χ2v) is 7.08. The summed E-state index contributed by atoms with van der Waals surface area (Å²) in [6.45, 7) is 5.27. The highest BCUT2D eigenvalue weighted by Gasteiger charge is 2.11. The van der Waals surface area contributed by atoms with Crippen LogP contribution in [0.4, 0.5) is 0 Å². The van der Waals surface area contributed by atoms with Gasteiger partial charge in [0.1, 0.15) is 24.2 Å². The molecule has 29 heavy (non-hydrogen) atoms. The zero-order valence-corrected chi connectivity index (χ0v) is 16.9. The van der Waals surface area contributed by atoms with Crippen molar-refractivity contribution in [2.45, 2.75) is 32.3 Å². The van der Waals surface area contributed by atoms with Gasteiger partial charge in [-0.15, -0.1) is 0 Å². The zero-order valence-electron chi connectivity index (χ0n) is 16.9. The number of aliphatic hydroxyl groups is 1. The molecule has 0 saturated heterocycles. The summed E-state index contributed by atoms with van der Waals surface area (Å²) in [6.07, 6.45) is 0.207. The van der Waals surface area contributed by atoms with Crippen LogP contribution in [0.3, 0.4) is 0 Å². The Morgan fingerprint density at radius 2 is 1.86 bits per heavy atom. The van der Waals surface area contributed by atoms with Gasteiger partial charge in [-0.25, -0.2) is 5.48 Å². The molecule has 158 valence electrons. The predicted octanol–water partition coefficient (Wildman–Crippen LogP) is 2.27. The van der Waals surface area contributed by atoms with Gasteiger partial charge in [-0.1, -0.05) is 44.2 Å². The summed E-state index contributed by atoms with van der Waals surface area (Å²) in [5.74, 6) is 1.01. The van der Waals surface area contributed by atoms with E-state index in [4.69, 9.17) is 14.7 Å². The first-order valence-corrected chi connectivity index (χ1v) is 9.74. The van der Waals surface area contributed by atoms with Crippen LogP contribution in [0.15, 0.2) is 48.5 Å². The van der Waals surface area contributed by atoms with E-state index >= 15 is 0 Å². The summed E-state index contributed by atoms with van der Waals surface area (Å²) >= 11 is 0. The molecule has 0 aliphatic heterocycles. The van der Waals surface area contributed by atoms with Gasteiger partial charge in [0.25, 0.3) is 5.91 Å². The number of amides is 1. The molecule has 0 aromatic heterocycles. The van der Waals surface area contributed by atoms with E-state index in [9.17, 15) is 9.90 Å². The lowest BCUT2D eigenvalue weighted by molar-refractivity contribution is -0.131. The number of hydrogen-bond donors (Lipinski definition) is 4. The van der Waals surface area contributed by atoms with E-state index in [2.05, 4.69) is 25.2 Å². The van der Waals surface area contributed by atoms with Gasteiger partial charge in [-0.05, 0) is 48.2 Å². The fourth-order valence-electron chi connectivity index (χ4n) is 2.78. The van der Waals surface area contributed by atoms with Gasteiger partial charge < -0.3 is 19.9 Å². The maximum Gasteiger partial charge on any atom is 0.281 e. The van der Waals surface area contributed by atoms with Crippen molar-refractivity contribution < 1.29 is 24.6 Å². The maximum absolute atomic E-state index is 11.2. The minimum absolute atomic E-state index is 0.229. The van der Waals surface area contributed by atoms with Gasteiger partial charge in [0, 0.05) is 6.54 Å². The molecule has 2 aromatic carbocycles. The van der Waals surface area contributed by atoms with Crippen LogP contribution in [-0.2, 0) is 11.2 Å². The molecule has 0 saturated carbocycles. The van der Waals surface area contributed by atoms with Gasteiger partial charge in [0.2, 0.25) is 0 Å². The van der Waals surface area contributed by atoms with Gasteiger partial charge >= 0.3 is 0 Å². The third-order valence-electron chi connectivity index (χ3n) is 4.34. The zero-order chi connectivity index (χ0) is 21.1. The number of carbonyl (C=O) groups excluding carboxylic acids is 1. The van der Waals surface area contributed by atoms with Crippen LogP contribution in [0.2, 0.25) is 0 Å². The first-order valence-electron chi connectivity index (χ1n) is 9.74.